The highest BCUT2D eigenvalue weighted by Crippen LogP contribution is 2.25. The molecule has 1 saturated heterocycles. The molecule has 0 radical (unpaired) electrons. The van der Waals surface area contributed by atoms with E-state index in [0.717, 1.165) is 48.6 Å². The van der Waals surface area contributed by atoms with Crippen molar-refractivity contribution in [2.75, 3.05) is 43.5 Å². The predicted octanol–water partition coefficient (Wildman–Crippen LogP) is 3.08. The van der Waals surface area contributed by atoms with E-state index in [1.807, 2.05) is 24.3 Å². The van der Waals surface area contributed by atoms with Gasteiger partial charge in [0.15, 0.2) is 0 Å². The number of hydrogen-bond donors (Lipinski definition) is 1. The van der Waals surface area contributed by atoms with E-state index < -0.39 is 0 Å². The van der Waals surface area contributed by atoms with Crippen LogP contribution in [-0.2, 0) is 11.3 Å². The quantitative estimate of drug-likeness (QED) is 0.655. The maximum atomic E-state index is 12.1. The van der Waals surface area contributed by atoms with Crippen molar-refractivity contribution in [3.63, 3.8) is 0 Å². The number of carbonyl (C=O) groups is 1. The lowest BCUT2D eigenvalue weighted by atomic mass is 10.1. The predicted molar refractivity (Wildman–Crippen MR) is 117 cm³/mol. The number of nitrogens with zero attached hydrogens (tertiary/aromatic N) is 2. The van der Waals surface area contributed by atoms with Gasteiger partial charge in [0.1, 0.15) is 11.3 Å². The fourth-order valence-corrected chi connectivity index (χ4v) is 3.85. The third-order valence-electron chi connectivity index (χ3n) is 5.34. The number of nitrogens with one attached hydrogen (secondary N) is 1. The SMILES string of the molecule is COc1cccc(N2CCN(Cc3cc(=O)oc4cc(NC(C)=O)ccc34)CC2)c1. The molecule has 7 nitrogen and oxygen atoms in total. The summed E-state index contributed by atoms with van der Waals surface area (Å²) in [5.74, 6) is 0.692. The number of fused-ring (bicyclic) bond motifs is 1. The molecule has 1 aromatic heterocycles. The number of amides is 1. The number of carbonyl (C=O) groups excluding carboxylic acids is 1. The van der Waals surface area contributed by atoms with Crippen molar-refractivity contribution in [1.29, 1.82) is 0 Å². The van der Waals surface area contributed by atoms with Crippen LogP contribution < -0.4 is 20.6 Å². The Morgan fingerprint density at radius 1 is 1.10 bits per heavy atom. The lowest BCUT2D eigenvalue weighted by Gasteiger charge is -2.36. The Bertz CT molecular complexity index is 1120. The molecular weight excluding hydrogens is 382 g/mol. The minimum Gasteiger partial charge on any atom is -0.497 e. The number of anilines is 2. The van der Waals surface area contributed by atoms with Gasteiger partial charge in [-0.3, -0.25) is 9.69 Å². The topological polar surface area (TPSA) is 75.0 Å². The van der Waals surface area contributed by atoms with Crippen LogP contribution in [0.4, 0.5) is 11.4 Å². The maximum absolute atomic E-state index is 12.1. The summed E-state index contributed by atoms with van der Waals surface area (Å²) < 4.78 is 10.7. The zero-order valence-corrected chi connectivity index (χ0v) is 17.2. The Labute approximate surface area is 174 Å². The van der Waals surface area contributed by atoms with Crippen LogP contribution in [-0.4, -0.2) is 44.1 Å². The fourth-order valence-electron chi connectivity index (χ4n) is 3.85. The first-order valence-electron chi connectivity index (χ1n) is 9.97. The van der Waals surface area contributed by atoms with Crippen LogP contribution in [0, 0.1) is 0 Å². The van der Waals surface area contributed by atoms with E-state index in [-0.39, 0.29) is 11.5 Å². The third-order valence-corrected chi connectivity index (χ3v) is 5.34. The van der Waals surface area contributed by atoms with E-state index >= 15 is 0 Å². The first-order chi connectivity index (χ1) is 14.5. The van der Waals surface area contributed by atoms with E-state index in [0.29, 0.717) is 17.8 Å². The second-order valence-electron chi connectivity index (χ2n) is 7.45. The van der Waals surface area contributed by atoms with Gasteiger partial charge in [0.2, 0.25) is 5.91 Å². The van der Waals surface area contributed by atoms with Crippen molar-refractivity contribution in [1.82, 2.24) is 4.90 Å². The van der Waals surface area contributed by atoms with Crippen molar-refractivity contribution < 1.29 is 13.9 Å². The van der Waals surface area contributed by atoms with E-state index in [2.05, 4.69) is 27.2 Å². The molecule has 2 heterocycles. The summed E-state index contributed by atoms with van der Waals surface area (Å²) in [6.07, 6.45) is 0. The van der Waals surface area contributed by atoms with Crippen LogP contribution in [0.15, 0.2) is 57.7 Å². The van der Waals surface area contributed by atoms with Gasteiger partial charge in [0, 0.05) is 74.6 Å². The van der Waals surface area contributed by atoms with Crippen molar-refractivity contribution in [2.24, 2.45) is 0 Å². The highest BCUT2D eigenvalue weighted by molar-refractivity contribution is 5.92. The van der Waals surface area contributed by atoms with Crippen molar-refractivity contribution in [2.45, 2.75) is 13.5 Å². The molecule has 0 unspecified atom stereocenters. The van der Waals surface area contributed by atoms with Gasteiger partial charge in [-0.25, -0.2) is 4.79 Å². The first kappa shape index (κ1) is 20.0. The molecule has 2 aromatic carbocycles. The van der Waals surface area contributed by atoms with E-state index in [1.165, 1.54) is 6.92 Å². The average Bonchev–Trinajstić information content (AvgIpc) is 2.73. The molecule has 0 atom stereocenters. The number of ether oxygens (including phenoxy) is 1. The van der Waals surface area contributed by atoms with E-state index in [4.69, 9.17) is 9.15 Å². The van der Waals surface area contributed by atoms with Crippen LogP contribution in [0.5, 0.6) is 5.75 Å². The summed E-state index contributed by atoms with van der Waals surface area (Å²) in [5, 5.41) is 3.61. The molecule has 1 aliphatic heterocycles. The Morgan fingerprint density at radius 3 is 2.63 bits per heavy atom. The zero-order chi connectivity index (χ0) is 21.1. The molecule has 4 rings (SSSR count). The Kier molecular flexibility index (Phi) is 5.72. The number of methoxy groups -OCH3 is 1. The summed E-state index contributed by atoms with van der Waals surface area (Å²) in [5.41, 5.74) is 2.81. The average molecular weight is 407 g/mol. The maximum Gasteiger partial charge on any atom is 0.336 e. The lowest BCUT2D eigenvalue weighted by Crippen LogP contribution is -2.46. The van der Waals surface area contributed by atoms with Gasteiger partial charge in [-0.2, -0.15) is 0 Å². The molecule has 1 aliphatic rings. The molecule has 7 heteroatoms. The van der Waals surface area contributed by atoms with Gasteiger partial charge in [0.05, 0.1) is 7.11 Å². The highest BCUT2D eigenvalue weighted by Gasteiger charge is 2.19. The normalized spacial score (nSPS) is 14.7. The molecule has 1 fully saturated rings. The Balaban J connectivity index is 1.48. The smallest absolute Gasteiger partial charge is 0.336 e. The van der Waals surface area contributed by atoms with Gasteiger partial charge in [0.25, 0.3) is 0 Å². The summed E-state index contributed by atoms with van der Waals surface area (Å²) in [6, 6.07) is 15.1. The van der Waals surface area contributed by atoms with Crippen molar-refractivity contribution in [3.8, 4) is 5.75 Å². The molecule has 1 amide bonds. The molecule has 1 N–H and O–H groups in total. The first-order valence-corrected chi connectivity index (χ1v) is 9.97. The molecule has 156 valence electrons. The van der Waals surface area contributed by atoms with Crippen LogP contribution in [0.1, 0.15) is 12.5 Å². The number of rotatable bonds is 5. The summed E-state index contributed by atoms with van der Waals surface area (Å²) in [6.45, 7) is 5.71. The lowest BCUT2D eigenvalue weighted by molar-refractivity contribution is -0.114. The summed E-state index contributed by atoms with van der Waals surface area (Å²) in [4.78, 5) is 28.1. The molecule has 3 aromatic rings. The molecule has 0 spiro atoms. The summed E-state index contributed by atoms with van der Waals surface area (Å²) >= 11 is 0. The standard InChI is InChI=1S/C23H25N3O4/c1-16(27)24-18-6-7-21-17(12-23(28)30-22(21)13-18)15-25-8-10-26(11-9-25)19-4-3-5-20(14-19)29-2/h3-7,12-14H,8-11,15H2,1-2H3,(H,24,27). The van der Waals surface area contributed by atoms with Gasteiger partial charge in [-0.15, -0.1) is 0 Å². The molecule has 30 heavy (non-hydrogen) atoms. The molecule has 0 aliphatic carbocycles. The Morgan fingerprint density at radius 2 is 1.90 bits per heavy atom. The van der Waals surface area contributed by atoms with Crippen LogP contribution in [0.3, 0.4) is 0 Å². The van der Waals surface area contributed by atoms with Crippen molar-refractivity contribution >= 4 is 28.3 Å². The van der Waals surface area contributed by atoms with Gasteiger partial charge in [-0.05, 0) is 29.8 Å². The highest BCUT2D eigenvalue weighted by atomic mass is 16.5. The number of benzene rings is 2. The van der Waals surface area contributed by atoms with E-state index in [9.17, 15) is 9.59 Å². The zero-order valence-electron chi connectivity index (χ0n) is 17.2. The van der Waals surface area contributed by atoms with Crippen molar-refractivity contribution in [3.05, 3.63) is 64.5 Å². The summed E-state index contributed by atoms with van der Waals surface area (Å²) in [7, 11) is 1.68. The van der Waals surface area contributed by atoms with Gasteiger partial charge >= 0.3 is 5.63 Å². The Hall–Kier alpha value is -3.32. The second kappa shape index (κ2) is 8.59. The van der Waals surface area contributed by atoms with E-state index in [1.54, 1.807) is 19.2 Å². The minimum absolute atomic E-state index is 0.165. The third kappa shape index (κ3) is 4.46. The fraction of sp³-hybridized carbons (Fsp3) is 0.304. The molecule has 0 saturated carbocycles. The molecular formula is C23H25N3O4. The second-order valence-corrected chi connectivity index (χ2v) is 7.45. The van der Waals surface area contributed by atoms with Crippen LogP contribution in [0.25, 0.3) is 11.0 Å². The minimum atomic E-state index is -0.382. The van der Waals surface area contributed by atoms with Gasteiger partial charge in [-0.1, -0.05) is 6.07 Å². The van der Waals surface area contributed by atoms with Crippen LogP contribution in [0.2, 0.25) is 0 Å². The monoisotopic (exact) mass is 407 g/mol. The van der Waals surface area contributed by atoms with Gasteiger partial charge < -0.3 is 19.4 Å². The van der Waals surface area contributed by atoms with Crippen LogP contribution >= 0.6 is 0 Å². The largest absolute Gasteiger partial charge is 0.497 e. The number of piperazine rings is 1. The molecule has 0 bridgehead atoms. The number of hydrogen-bond acceptors (Lipinski definition) is 6.